The van der Waals surface area contributed by atoms with Crippen molar-refractivity contribution >= 4 is 34.9 Å². The molecule has 5 N–H and O–H groups in total. The molecule has 2 rings (SSSR count). The van der Waals surface area contributed by atoms with Crippen molar-refractivity contribution in [3.63, 3.8) is 0 Å². The van der Waals surface area contributed by atoms with E-state index >= 15 is 0 Å². The number of carbonyl (C=O) groups is 3. The fourth-order valence-electron chi connectivity index (χ4n) is 2.28. The Bertz CT molecular complexity index is 821. The minimum absolute atomic E-state index is 0.185. The number of halogens is 1. The summed E-state index contributed by atoms with van der Waals surface area (Å²) in [4.78, 5) is 35.8. The fraction of sp³-hybridized carbons (Fsp3) is 0.167. The van der Waals surface area contributed by atoms with E-state index in [1.165, 1.54) is 12.1 Å². The second kappa shape index (κ2) is 8.30. The maximum Gasteiger partial charge on any atom is 0.252 e. The highest BCUT2D eigenvalue weighted by molar-refractivity contribution is 6.33. The summed E-state index contributed by atoms with van der Waals surface area (Å²) < 4.78 is 0. The Morgan fingerprint density at radius 2 is 1.72 bits per heavy atom. The summed E-state index contributed by atoms with van der Waals surface area (Å²) in [5.74, 6) is -1.15. The molecule has 6 nitrogen and oxygen atoms in total. The molecule has 2 aromatic carbocycles. The highest BCUT2D eigenvalue weighted by Gasteiger charge is 2.18. The van der Waals surface area contributed by atoms with Crippen molar-refractivity contribution in [1.82, 2.24) is 5.32 Å². The highest BCUT2D eigenvalue weighted by Crippen LogP contribution is 2.22. The van der Waals surface area contributed by atoms with E-state index in [0.29, 0.717) is 22.7 Å². The largest absolute Gasteiger partial charge is 0.398 e. The Morgan fingerprint density at radius 1 is 1.04 bits per heavy atom. The number of amides is 2. The zero-order valence-electron chi connectivity index (χ0n) is 13.4. The predicted octanol–water partition coefficient (Wildman–Crippen LogP) is 2.15. The van der Waals surface area contributed by atoms with Gasteiger partial charge in [0.15, 0.2) is 5.78 Å². The van der Waals surface area contributed by atoms with E-state index in [1.54, 1.807) is 30.3 Å². The van der Waals surface area contributed by atoms with Crippen LogP contribution in [-0.4, -0.2) is 24.1 Å². The highest BCUT2D eigenvalue weighted by atomic mass is 35.5. The van der Waals surface area contributed by atoms with Crippen LogP contribution in [0.2, 0.25) is 5.02 Å². The van der Waals surface area contributed by atoms with Crippen molar-refractivity contribution in [3.05, 3.63) is 64.2 Å². The quantitative estimate of drug-likeness (QED) is 0.399. The lowest BCUT2D eigenvalue weighted by molar-refractivity contribution is -0.118. The van der Waals surface area contributed by atoms with Gasteiger partial charge in [0.25, 0.3) is 5.91 Å². The van der Waals surface area contributed by atoms with Crippen LogP contribution in [0.25, 0.3) is 0 Å². The van der Waals surface area contributed by atoms with E-state index in [-0.39, 0.29) is 29.9 Å². The number of nitrogens with two attached hydrogens (primary N) is 2. The van der Waals surface area contributed by atoms with E-state index in [4.69, 9.17) is 23.1 Å². The lowest BCUT2D eigenvalue weighted by Crippen LogP contribution is -2.27. The molecule has 25 heavy (non-hydrogen) atoms. The number of benzene rings is 2. The van der Waals surface area contributed by atoms with Gasteiger partial charge in [-0.05, 0) is 30.7 Å². The molecule has 0 bridgehead atoms. The third-order valence-electron chi connectivity index (χ3n) is 3.56. The first-order valence-electron chi connectivity index (χ1n) is 7.65. The molecule has 7 heteroatoms. The topological polar surface area (TPSA) is 115 Å². The molecule has 0 spiro atoms. The molecule has 2 aromatic rings. The van der Waals surface area contributed by atoms with Crippen LogP contribution in [0.3, 0.4) is 0 Å². The lowest BCUT2D eigenvalue weighted by atomic mass is 9.97. The Labute approximate surface area is 150 Å². The smallest absolute Gasteiger partial charge is 0.252 e. The second-order valence-corrected chi connectivity index (χ2v) is 5.84. The number of nitrogens with one attached hydrogen (secondary N) is 1. The summed E-state index contributed by atoms with van der Waals surface area (Å²) in [5, 5.41) is 3.04. The summed E-state index contributed by atoms with van der Waals surface area (Å²) in [7, 11) is 0. The second-order valence-electron chi connectivity index (χ2n) is 5.44. The Hall–Kier alpha value is -2.86. The van der Waals surface area contributed by atoms with Gasteiger partial charge in [0.05, 0.1) is 16.3 Å². The molecular formula is C18H18ClN3O3. The van der Waals surface area contributed by atoms with Crippen LogP contribution in [0.4, 0.5) is 5.69 Å². The van der Waals surface area contributed by atoms with Crippen molar-refractivity contribution < 1.29 is 14.4 Å². The van der Waals surface area contributed by atoms with E-state index in [0.717, 1.165) is 0 Å². The normalized spacial score (nSPS) is 10.3. The van der Waals surface area contributed by atoms with Gasteiger partial charge in [0.2, 0.25) is 5.91 Å². The third kappa shape index (κ3) is 4.81. The average Bonchev–Trinajstić information content (AvgIpc) is 2.60. The monoisotopic (exact) mass is 359 g/mol. The van der Waals surface area contributed by atoms with Crippen LogP contribution in [-0.2, 0) is 4.79 Å². The Morgan fingerprint density at radius 3 is 2.36 bits per heavy atom. The van der Waals surface area contributed by atoms with Gasteiger partial charge in [-0.1, -0.05) is 29.8 Å². The summed E-state index contributed by atoms with van der Waals surface area (Å²) in [6.45, 7) is 0.290. The van der Waals surface area contributed by atoms with Crippen molar-refractivity contribution in [1.29, 1.82) is 0 Å². The van der Waals surface area contributed by atoms with Gasteiger partial charge in [-0.15, -0.1) is 0 Å². The molecule has 0 fully saturated rings. The number of ketones is 1. The van der Waals surface area contributed by atoms with Crippen LogP contribution < -0.4 is 16.8 Å². The third-order valence-corrected chi connectivity index (χ3v) is 3.90. The molecule has 0 aromatic heterocycles. The molecule has 0 saturated carbocycles. The molecule has 0 atom stereocenters. The number of anilines is 1. The zero-order valence-corrected chi connectivity index (χ0v) is 14.2. The molecule has 0 aliphatic carbocycles. The van der Waals surface area contributed by atoms with Crippen molar-refractivity contribution in [2.75, 3.05) is 12.3 Å². The number of hydrogen-bond donors (Lipinski definition) is 3. The van der Waals surface area contributed by atoms with Crippen LogP contribution in [0.5, 0.6) is 0 Å². The molecule has 0 aliphatic heterocycles. The SMILES string of the molecule is NC(=O)CCCNC(=O)c1ccccc1C(=O)c1ccc(Cl)c(N)c1. The minimum Gasteiger partial charge on any atom is -0.398 e. The summed E-state index contributed by atoms with van der Waals surface area (Å²) in [6, 6.07) is 11.1. The maximum atomic E-state index is 12.7. The van der Waals surface area contributed by atoms with Gasteiger partial charge in [-0.2, -0.15) is 0 Å². The van der Waals surface area contributed by atoms with Crippen LogP contribution in [0.15, 0.2) is 42.5 Å². The van der Waals surface area contributed by atoms with E-state index in [9.17, 15) is 14.4 Å². The molecule has 0 radical (unpaired) electrons. The van der Waals surface area contributed by atoms with Crippen LogP contribution in [0.1, 0.15) is 39.1 Å². The average molecular weight is 360 g/mol. The first kappa shape index (κ1) is 18.5. The van der Waals surface area contributed by atoms with Gasteiger partial charge in [-0.3, -0.25) is 14.4 Å². The predicted molar refractivity (Wildman–Crippen MR) is 96.5 cm³/mol. The number of rotatable bonds is 7. The van der Waals surface area contributed by atoms with Gasteiger partial charge in [0, 0.05) is 24.1 Å². The maximum absolute atomic E-state index is 12.7. The number of nitrogen functional groups attached to an aromatic ring is 1. The molecule has 0 heterocycles. The fourth-order valence-corrected chi connectivity index (χ4v) is 2.40. The summed E-state index contributed by atoms with van der Waals surface area (Å²) in [6.07, 6.45) is 0.621. The van der Waals surface area contributed by atoms with Crippen LogP contribution >= 0.6 is 11.6 Å². The van der Waals surface area contributed by atoms with E-state index in [1.807, 2.05) is 0 Å². The number of carbonyl (C=O) groups excluding carboxylic acids is 3. The van der Waals surface area contributed by atoms with Gasteiger partial charge < -0.3 is 16.8 Å². The Kier molecular flexibility index (Phi) is 6.14. The molecule has 2 amide bonds. The van der Waals surface area contributed by atoms with Gasteiger partial charge in [-0.25, -0.2) is 0 Å². The minimum atomic E-state index is -0.426. The molecule has 0 unspecified atom stereocenters. The summed E-state index contributed by atoms with van der Waals surface area (Å²) >= 11 is 5.87. The van der Waals surface area contributed by atoms with Crippen molar-refractivity contribution in [3.8, 4) is 0 Å². The zero-order chi connectivity index (χ0) is 18.4. The Balaban J connectivity index is 2.19. The van der Waals surface area contributed by atoms with E-state index in [2.05, 4.69) is 5.32 Å². The first-order chi connectivity index (χ1) is 11.9. The van der Waals surface area contributed by atoms with E-state index < -0.39 is 11.8 Å². The van der Waals surface area contributed by atoms with Gasteiger partial charge in [0.1, 0.15) is 0 Å². The molecule has 0 saturated heterocycles. The number of hydrogen-bond acceptors (Lipinski definition) is 4. The number of primary amides is 1. The van der Waals surface area contributed by atoms with Crippen molar-refractivity contribution in [2.45, 2.75) is 12.8 Å². The molecular weight excluding hydrogens is 342 g/mol. The van der Waals surface area contributed by atoms with Gasteiger partial charge >= 0.3 is 0 Å². The standard InChI is InChI=1S/C18H18ClN3O3/c19-14-8-7-11(10-15(14)20)17(24)12-4-1-2-5-13(12)18(25)22-9-3-6-16(21)23/h1-2,4-5,7-8,10H,3,6,9,20H2,(H2,21,23)(H,22,25). The van der Waals surface area contributed by atoms with Crippen LogP contribution in [0, 0.1) is 0 Å². The first-order valence-corrected chi connectivity index (χ1v) is 8.03. The molecule has 130 valence electrons. The lowest BCUT2D eigenvalue weighted by Gasteiger charge is -2.10. The van der Waals surface area contributed by atoms with Crippen molar-refractivity contribution in [2.24, 2.45) is 5.73 Å². The summed E-state index contributed by atoms with van der Waals surface area (Å²) in [5.41, 5.74) is 11.9. The molecule has 0 aliphatic rings.